The Morgan fingerprint density at radius 1 is 1.17 bits per heavy atom. The van der Waals surface area contributed by atoms with Crippen LogP contribution < -0.4 is 5.73 Å². The van der Waals surface area contributed by atoms with Crippen LogP contribution in [0.2, 0.25) is 0 Å². The second-order valence-corrected chi connectivity index (χ2v) is 6.13. The minimum absolute atomic E-state index is 0.101. The van der Waals surface area contributed by atoms with Crippen LogP contribution in [0.5, 0.6) is 0 Å². The number of nitrogens with zero attached hydrogens (tertiary/aromatic N) is 1. The van der Waals surface area contributed by atoms with Crippen LogP contribution in [-0.4, -0.2) is 24.2 Å². The standard InChI is InChI=1S/C20H22N2O2/c1-13(12-24-3)22-14(2)18(20(21)23)11-19(22)17-9-8-15-6-4-5-7-16(15)10-17/h4-11,13H,12H2,1-3H3,(H2,21,23). The van der Waals surface area contributed by atoms with Gasteiger partial charge in [0.25, 0.3) is 5.91 Å². The SMILES string of the molecule is COCC(C)n1c(-c2ccc3ccccc3c2)cc(C(N)=O)c1C. The Labute approximate surface area is 141 Å². The van der Waals surface area contributed by atoms with Gasteiger partial charge >= 0.3 is 0 Å². The zero-order valence-corrected chi connectivity index (χ0v) is 14.2. The van der Waals surface area contributed by atoms with Crippen LogP contribution in [0.4, 0.5) is 0 Å². The van der Waals surface area contributed by atoms with Crippen LogP contribution in [0.15, 0.2) is 48.5 Å². The number of carbonyl (C=O) groups is 1. The Bertz CT molecular complexity index is 896. The molecule has 0 aliphatic rings. The summed E-state index contributed by atoms with van der Waals surface area (Å²) in [5.41, 5.74) is 9.03. The van der Waals surface area contributed by atoms with Gasteiger partial charge in [0.1, 0.15) is 0 Å². The van der Waals surface area contributed by atoms with E-state index in [0.29, 0.717) is 12.2 Å². The first-order chi connectivity index (χ1) is 11.5. The maximum atomic E-state index is 11.8. The largest absolute Gasteiger partial charge is 0.383 e. The van der Waals surface area contributed by atoms with E-state index < -0.39 is 5.91 Å². The first-order valence-electron chi connectivity index (χ1n) is 8.02. The second-order valence-electron chi connectivity index (χ2n) is 6.13. The molecule has 124 valence electrons. The second kappa shape index (κ2) is 6.49. The fourth-order valence-corrected chi connectivity index (χ4v) is 3.33. The lowest BCUT2D eigenvalue weighted by atomic mass is 10.0. The van der Waals surface area contributed by atoms with Gasteiger partial charge in [-0.15, -0.1) is 0 Å². The van der Waals surface area contributed by atoms with Crippen molar-refractivity contribution in [3.8, 4) is 11.3 Å². The number of aromatic nitrogens is 1. The van der Waals surface area contributed by atoms with Crippen molar-refractivity contribution < 1.29 is 9.53 Å². The molecule has 0 radical (unpaired) electrons. The Morgan fingerprint density at radius 2 is 1.88 bits per heavy atom. The molecule has 1 unspecified atom stereocenters. The Hall–Kier alpha value is -2.59. The molecule has 0 fully saturated rings. The smallest absolute Gasteiger partial charge is 0.250 e. The van der Waals surface area contributed by atoms with E-state index in [1.165, 1.54) is 10.8 Å². The number of hydrogen-bond acceptors (Lipinski definition) is 2. The van der Waals surface area contributed by atoms with Gasteiger partial charge in [0.15, 0.2) is 0 Å². The van der Waals surface area contributed by atoms with Gasteiger partial charge in [-0.05, 0) is 42.3 Å². The number of ether oxygens (including phenoxy) is 1. The number of nitrogens with two attached hydrogens (primary N) is 1. The maximum Gasteiger partial charge on any atom is 0.250 e. The summed E-state index contributed by atoms with van der Waals surface area (Å²) in [6.07, 6.45) is 0. The van der Waals surface area contributed by atoms with Crippen molar-refractivity contribution in [2.45, 2.75) is 19.9 Å². The lowest BCUT2D eigenvalue weighted by molar-refractivity contribution is 0.0999. The van der Waals surface area contributed by atoms with E-state index in [4.69, 9.17) is 10.5 Å². The van der Waals surface area contributed by atoms with Crippen molar-refractivity contribution in [3.63, 3.8) is 0 Å². The highest BCUT2D eigenvalue weighted by atomic mass is 16.5. The van der Waals surface area contributed by atoms with Crippen LogP contribution in [0.3, 0.4) is 0 Å². The number of methoxy groups -OCH3 is 1. The number of benzene rings is 2. The summed E-state index contributed by atoms with van der Waals surface area (Å²) in [4.78, 5) is 11.8. The van der Waals surface area contributed by atoms with Gasteiger partial charge in [0.2, 0.25) is 0 Å². The fraction of sp³-hybridized carbons (Fsp3) is 0.250. The highest BCUT2D eigenvalue weighted by molar-refractivity contribution is 5.96. The van der Waals surface area contributed by atoms with Crippen molar-refractivity contribution in [2.24, 2.45) is 5.73 Å². The number of primary amides is 1. The van der Waals surface area contributed by atoms with E-state index in [1.807, 2.05) is 25.1 Å². The molecule has 24 heavy (non-hydrogen) atoms. The molecule has 0 spiro atoms. The van der Waals surface area contributed by atoms with E-state index in [1.54, 1.807) is 7.11 Å². The Morgan fingerprint density at radius 3 is 2.54 bits per heavy atom. The third-order valence-corrected chi connectivity index (χ3v) is 4.45. The molecule has 2 aromatic carbocycles. The van der Waals surface area contributed by atoms with E-state index >= 15 is 0 Å². The normalized spacial score (nSPS) is 12.5. The number of carbonyl (C=O) groups excluding carboxylic acids is 1. The van der Waals surface area contributed by atoms with Crippen LogP contribution >= 0.6 is 0 Å². The van der Waals surface area contributed by atoms with E-state index in [0.717, 1.165) is 17.0 Å². The zero-order chi connectivity index (χ0) is 17.3. The molecule has 1 heterocycles. The summed E-state index contributed by atoms with van der Waals surface area (Å²) in [6, 6.07) is 16.5. The molecule has 0 saturated carbocycles. The number of rotatable bonds is 5. The van der Waals surface area contributed by atoms with Gasteiger partial charge in [-0.3, -0.25) is 4.79 Å². The summed E-state index contributed by atoms with van der Waals surface area (Å²) < 4.78 is 7.44. The molecule has 1 atom stereocenters. The quantitative estimate of drug-likeness (QED) is 0.774. The summed E-state index contributed by atoms with van der Waals surface area (Å²) in [6.45, 7) is 4.57. The van der Waals surface area contributed by atoms with Crippen LogP contribution in [-0.2, 0) is 4.74 Å². The average molecular weight is 322 g/mol. The molecule has 1 amide bonds. The molecule has 0 aliphatic carbocycles. The zero-order valence-electron chi connectivity index (χ0n) is 14.2. The van der Waals surface area contributed by atoms with Crippen molar-refractivity contribution in [2.75, 3.05) is 13.7 Å². The average Bonchev–Trinajstić information content (AvgIpc) is 2.92. The van der Waals surface area contributed by atoms with E-state index in [-0.39, 0.29) is 6.04 Å². The number of hydrogen-bond donors (Lipinski definition) is 1. The first kappa shape index (κ1) is 16.3. The van der Waals surface area contributed by atoms with Gasteiger partial charge in [-0.2, -0.15) is 0 Å². The summed E-state index contributed by atoms with van der Waals surface area (Å²) >= 11 is 0. The molecular formula is C20H22N2O2. The third-order valence-electron chi connectivity index (χ3n) is 4.45. The van der Waals surface area contributed by atoms with Gasteiger partial charge in [0, 0.05) is 18.5 Å². The maximum absolute atomic E-state index is 11.8. The summed E-state index contributed by atoms with van der Waals surface area (Å²) in [5, 5.41) is 2.36. The van der Waals surface area contributed by atoms with Crippen LogP contribution in [0.1, 0.15) is 29.0 Å². The minimum Gasteiger partial charge on any atom is -0.383 e. The minimum atomic E-state index is -0.405. The van der Waals surface area contributed by atoms with Gasteiger partial charge in [0.05, 0.1) is 18.2 Å². The molecule has 0 bridgehead atoms. The number of fused-ring (bicyclic) bond motifs is 1. The van der Waals surface area contributed by atoms with Crippen molar-refractivity contribution in [1.82, 2.24) is 4.57 Å². The highest BCUT2D eigenvalue weighted by Gasteiger charge is 2.20. The molecule has 0 saturated heterocycles. The fourth-order valence-electron chi connectivity index (χ4n) is 3.33. The topological polar surface area (TPSA) is 57.2 Å². The lowest BCUT2D eigenvalue weighted by Gasteiger charge is -2.19. The predicted molar refractivity (Wildman–Crippen MR) is 97.2 cm³/mol. The molecule has 4 heteroatoms. The van der Waals surface area contributed by atoms with E-state index in [9.17, 15) is 4.79 Å². The molecular weight excluding hydrogens is 300 g/mol. The van der Waals surface area contributed by atoms with Crippen LogP contribution in [0.25, 0.3) is 22.0 Å². The van der Waals surface area contributed by atoms with Gasteiger partial charge in [-0.25, -0.2) is 0 Å². The highest BCUT2D eigenvalue weighted by Crippen LogP contribution is 2.31. The molecule has 2 N–H and O–H groups in total. The molecule has 0 aliphatic heterocycles. The Kier molecular flexibility index (Phi) is 4.40. The Balaban J connectivity index is 2.20. The van der Waals surface area contributed by atoms with Gasteiger partial charge in [-0.1, -0.05) is 36.4 Å². The first-order valence-corrected chi connectivity index (χ1v) is 8.02. The molecule has 1 aromatic heterocycles. The third kappa shape index (κ3) is 2.81. The van der Waals surface area contributed by atoms with Crippen molar-refractivity contribution in [1.29, 1.82) is 0 Å². The molecule has 3 aromatic rings. The molecule has 4 nitrogen and oxygen atoms in total. The van der Waals surface area contributed by atoms with Crippen molar-refractivity contribution >= 4 is 16.7 Å². The number of amides is 1. The molecule has 3 rings (SSSR count). The van der Waals surface area contributed by atoms with E-state index in [2.05, 4.69) is 41.8 Å². The van der Waals surface area contributed by atoms with Crippen molar-refractivity contribution in [3.05, 3.63) is 59.8 Å². The predicted octanol–water partition coefficient (Wildman–Crippen LogP) is 3.92. The summed E-state index contributed by atoms with van der Waals surface area (Å²) in [7, 11) is 1.68. The lowest BCUT2D eigenvalue weighted by Crippen LogP contribution is -2.16. The monoisotopic (exact) mass is 322 g/mol. The summed E-state index contributed by atoms with van der Waals surface area (Å²) in [5.74, 6) is -0.405. The van der Waals surface area contributed by atoms with Gasteiger partial charge < -0.3 is 15.0 Å². The van der Waals surface area contributed by atoms with Crippen LogP contribution in [0, 0.1) is 6.92 Å².